The van der Waals surface area contributed by atoms with Crippen molar-refractivity contribution in [3.8, 4) is 5.75 Å². The number of ether oxygens (including phenoxy) is 1. The minimum absolute atomic E-state index is 0.0311. The summed E-state index contributed by atoms with van der Waals surface area (Å²) in [6, 6.07) is 5.81. The lowest BCUT2D eigenvalue weighted by Gasteiger charge is -2.41. The van der Waals surface area contributed by atoms with Gasteiger partial charge in [-0.15, -0.1) is 0 Å². The van der Waals surface area contributed by atoms with E-state index in [0.717, 1.165) is 0 Å². The number of carbonyl (C=O) groups excluding carboxylic acids is 1. The van der Waals surface area contributed by atoms with Crippen LogP contribution in [0.3, 0.4) is 0 Å². The SMILES string of the molecule is CN(C)C1CN(C(=O)Oc2ccc([N+](=O)[O-])cc2)C1. The fourth-order valence-electron chi connectivity index (χ4n) is 1.73. The molecule has 0 N–H and O–H groups in total. The van der Waals surface area contributed by atoms with Gasteiger partial charge in [-0.3, -0.25) is 10.1 Å². The van der Waals surface area contributed by atoms with E-state index in [1.54, 1.807) is 4.90 Å². The smallest absolute Gasteiger partial charge is 0.410 e. The van der Waals surface area contributed by atoms with Crippen molar-refractivity contribution < 1.29 is 14.5 Å². The van der Waals surface area contributed by atoms with Crippen LogP contribution in [0.2, 0.25) is 0 Å². The van der Waals surface area contributed by atoms with Gasteiger partial charge in [-0.25, -0.2) is 4.79 Å². The van der Waals surface area contributed by atoms with E-state index >= 15 is 0 Å². The Morgan fingerprint density at radius 3 is 2.42 bits per heavy atom. The molecule has 0 aromatic heterocycles. The number of likely N-dealkylation sites (N-methyl/N-ethyl adjacent to an activating group) is 1. The second-order valence-electron chi connectivity index (χ2n) is 4.64. The summed E-state index contributed by atoms with van der Waals surface area (Å²) in [6.07, 6.45) is -0.424. The van der Waals surface area contributed by atoms with Gasteiger partial charge in [0.2, 0.25) is 0 Å². The lowest BCUT2D eigenvalue weighted by Crippen LogP contribution is -2.59. The standard InChI is InChI=1S/C12H15N3O4/c1-13(2)10-7-14(8-10)12(16)19-11-5-3-9(4-6-11)15(17)18/h3-6,10H,7-8H2,1-2H3. The number of carbonyl (C=O) groups is 1. The van der Waals surface area contributed by atoms with Crippen molar-refractivity contribution in [1.82, 2.24) is 9.80 Å². The van der Waals surface area contributed by atoms with Crippen molar-refractivity contribution in [3.05, 3.63) is 34.4 Å². The average Bonchev–Trinajstić information content (AvgIpc) is 2.26. The second-order valence-corrected chi connectivity index (χ2v) is 4.64. The van der Waals surface area contributed by atoms with Gasteiger partial charge in [0.05, 0.1) is 4.92 Å². The molecule has 0 bridgehead atoms. The number of nitrogens with zero attached hydrogens (tertiary/aromatic N) is 3. The van der Waals surface area contributed by atoms with Gasteiger partial charge in [0, 0.05) is 31.3 Å². The first-order valence-corrected chi connectivity index (χ1v) is 5.85. The molecule has 1 aromatic rings. The Hall–Kier alpha value is -2.15. The van der Waals surface area contributed by atoms with Gasteiger partial charge in [-0.1, -0.05) is 0 Å². The van der Waals surface area contributed by atoms with Crippen molar-refractivity contribution in [2.45, 2.75) is 6.04 Å². The first kappa shape index (κ1) is 13.3. The molecule has 1 fully saturated rings. The maximum atomic E-state index is 11.7. The number of hydrogen-bond donors (Lipinski definition) is 0. The molecule has 7 heteroatoms. The van der Waals surface area contributed by atoms with Crippen molar-refractivity contribution in [1.29, 1.82) is 0 Å². The number of nitro groups is 1. The molecule has 0 aliphatic carbocycles. The summed E-state index contributed by atoms with van der Waals surface area (Å²) in [5.74, 6) is 0.309. The highest BCUT2D eigenvalue weighted by Gasteiger charge is 2.33. The second kappa shape index (κ2) is 5.23. The molecule has 102 valence electrons. The van der Waals surface area contributed by atoms with Crippen LogP contribution in [0.15, 0.2) is 24.3 Å². The third-order valence-electron chi connectivity index (χ3n) is 3.10. The monoisotopic (exact) mass is 265 g/mol. The van der Waals surface area contributed by atoms with Gasteiger partial charge in [-0.2, -0.15) is 0 Å². The maximum absolute atomic E-state index is 11.7. The summed E-state index contributed by atoms with van der Waals surface area (Å²) in [5.41, 5.74) is -0.0311. The predicted octanol–water partition coefficient (Wildman–Crippen LogP) is 1.34. The van der Waals surface area contributed by atoms with Crippen LogP contribution in [0, 0.1) is 10.1 Å². The van der Waals surface area contributed by atoms with E-state index in [1.165, 1.54) is 24.3 Å². The largest absolute Gasteiger partial charge is 0.415 e. The number of benzene rings is 1. The van der Waals surface area contributed by atoms with Crippen LogP contribution >= 0.6 is 0 Å². The highest BCUT2D eigenvalue weighted by atomic mass is 16.6. The summed E-state index contributed by atoms with van der Waals surface area (Å²) >= 11 is 0. The molecule has 1 amide bonds. The van der Waals surface area contributed by atoms with Crippen LogP contribution in [-0.4, -0.2) is 54.0 Å². The minimum Gasteiger partial charge on any atom is -0.410 e. The van der Waals surface area contributed by atoms with E-state index < -0.39 is 11.0 Å². The van der Waals surface area contributed by atoms with Gasteiger partial charge in [0.15, 0.2) is 0 Å². The van der Waals surface area contributed by atoms with Crippen LogP contribution in [0.4, 0.5) is 10.5 Å². The van der Waals surface area contributed by atoms with E-state index in [2.05, 4.69) is 4.90 Å². The van der Waals surface area contributed by atoms with Gasteiger partial charge in [0.25, 0.3) is 5.69 Å². The lowest BCUT2D eigenvalue weighted by molar-refractivity contribution is -0.384. The van der Waals surface area contributed by atoms with E-state index in [9.17, 15) is 14.9 Å². The Labute approximate surface area is 110 Å². The van der Waals surface area contributed by atoms with E-state index in [1.807, 2.05) is 14.1 Å². The third-order valence-corrected chi connectivity index (χ3v) is 3.10. The van der Waals surface area contributed by atoms with Gasteiger partial charge in [0.1, 0.15) is 5.75 Å². The van der Waals surface area contributed by atoms with Crippen molar-refractivity contribution in [3.63, 3.8) is 0 Å². The van der Waals surface area contributed by atoms with Crippen LogP contribution < -0.4 is 4.74 Å². The molecule has 1 saturated heterocycles. The van der Waals surface area contributed by atoms with E-state index in [0.29, 0.717) is 24.9 Å². The molecule has 0 saturated carbocycles. The molecule has 7 nitrogen and oxygen atoms in total. The predicted molar refractivity (Wildman–Crippen MR) is 68.2 cm³/mol. The maximum Gasteiger partial charge on any atom is 0.415 e. The number of likely N-dealkylation sites (tertiary alicyclic amines) is 1. The molecule has 2 rings (SSSR count). The van der Waals surface area contributed by atoms with Crippen LogP contribution in [-0.2, 0) is 0 Å². The van der Waals surface area contributed by atoms with Crippen LogP contribution in [0.25, 0.3) is 0 Å². The molecule has 19 heavy (non-hydrogen) atoms. The quantitative estimate of drug-likeness (QED) is 0.609. The molecule has 0 radical (unpaired) electrons. The topological polar surface area (TPSA) is 75.9 Å². The zero-order valence-electron chi connectivity index (χ0n) is 10.8. The number of non-ortho nitro benzene ring substituents is 1. The minimum atomic E-state index is -0.497. The normalized spacial score (nSPS) is 15.2. The fourth-order valence-corrected chi connectivity index (χ4v) is 1.73. The number of nitro benzene ring substituents is 1. The molecule has 1 heterocycles. The van der Waals surface area contributed by atoms with Crippen molar-refractivity contribution >= 4 is 11.8 Å². The summed E-state index contributed by atoms with van der Waals surface area (Å²) in [4.78, 5) is 25.4. The Morgan fingerprint density at radius 1 is 1.37 bits per heavy atom. The number of amides is 1. The zero-order valence-corrected chi connectivity index (χ0v) is 10.8. The van der Waals surface area contributed by atoms with Crippen LogP contribution in [0.1, 0.15) is 0 Å². The summed E-state index contributed by atoms with van der Waals surface area (Å²) in [7, 11) is 3.92. The first-order valence-electron chi connectivity index (χ1n) is 5.85. The number of rotatable bonds is 3. The molecule has 0 spiro atoms. The zero-order chi connectivity index (χ0) is 14.0. The van der Waals surface area contributed by atoms with Gasteiger partial charge >= 0.3 is 6.09 Å². The lowest BCUT2D eigenvalue weighted by atomic mass is 10.1. The molecule has 0 unspecified atom stereocenters. The Kier molecular flexibility index (Phi) is 3.66. The van der Waals surface area contributed by atoms with Crippen LogP contribution in [0.5, 0.6) is 5.75 Å². The Bertz CT molecular complexity index is 480. The highest BCUT2D eigenvalue weighted by molar-refractivity contribution is 5.71. The summed E-state index contributed by atoms with van der Waals surface area (Å²) in [5, 5.41) is 10.5. The average molecular weight is 265 g/mol. The van der Waals surface area contributed by atoms with Gasteiger partial charge in [-0.05, 0) is 26.2 Å². The Morgan fingerprint density at radius 2 is 1.95 bits per heavy atom. The summed E-state index contributed by atoms with van der Waals surface area (Å²) in [6.45, 7) is 1.28. The van der Waals surface area contributed by atoms with Crippen molar-refractivity contribution in [2.75, 3.05) is 27.2 Å². The van der Waals surface area contributed by atoms with Crippen molar-refractivity contribution in [2.24, 2.45) is 0 Å². The molecule has 1 aromatic carbocycles. The van der Waals surface area contributed by atoms with E-state index in [4.69, 9.17) is 4.74 Å². The third kappa shape index (κ3) is 3.00. The highest BCUT2D eigenvalue weighted by Crippen LogP contribution is 2.20. The Balaban J connectivity index is 1.88. The van der Waals surface area contributed by atoms with E-state index in [-0.39, 0.29) is 5.69 Å². The molecule has 1 aliphatic rings. The first-order chi connectivity index (χ1) is 8.97. The van der Waals surface area contributed by atoms with Gasteiger partial charge < -0.3 is 14.5 Å². The molecular weight excluding hydrogens is 250 g/mol. The number of hydrogen-bond acceptors (Lipinski definition) is 5. The molecule has 1 aliphatic heterocycles. The summed E-state index contributed by atoms with van der Waals surface area (Å²) < 4.78 is 5.13. The molecule has 0 atom stereocenters. The fraction of sp³-hybridized carbons (Fsp3) is 0.417. The molecular formula is C12H15N3O4.